The Morgan fingerprint density at radius 2 is 1.81 bits per heavy atom. The average molecular weight is 418 g/mol. The second-order valence-electron chi connectivity index (χ2n) is 6.49. The van der Waals surface area contributed by atoms with Crippen LogP contribution < -0.4 is 0 Å². The van der Waals surface area contributed by atoms with Crippen LogP contribution in [-0.4, -0.2) is 40.1 Å². The van der Waals surface area contributed by atoms with Gasteiger partial charge in [-0.2, -0.15) is 0 Å². The molecule has 154 valence electrons. The molecule has 1 aromatic carbocycles. The molecule has 0 aromatic heterocycles. The zero-order valence-corrected chi connectivity index (χ0v) is 18.2. The quantitative estimate of drug-likeness (QED) is 0.300. The van der Waals surface area contributed by atoms with Gasteiger partial charge in [-0.05, 0) is 44.7 Å². The third-order valence-electron chi connectivity index (χ3n) is 4.53. The van der Waals surface area contributed by atoms with Crippen LogP contribution in [0.5, 0.6) is 0 Å². The van der Waals surface area contributed by atoms with Gasteiger partial charge in [0.1, 0.15) is 6.29 Å². The van der Waals surface area contributed by atoms with E-state index in [0.29, 0.717) is 18.1 Å². The van der Waals surface area contributed by atoms with Crippen molar-refractivity contribution in [2.45, 2.75) is 75.2 Å². The first-order valence-electron chi connectivity index (χ1n) is 9.29. The zero-order valence-electron chi connectivity index (χ0n) is 16.6. The van der Waals surface area contributed by atoms with E-state index in [0.717, 1.165) is 25.5 Å². The molecule has 27 heavy (non-hydrogen) atoms. The van der Waals surface area contributed by atoms with Crippen molar-refractivity contribution in [2.75, 3.05) is 6.38 Å². The molecule has 1 aliphatic rings. The molecule has 2 rings (SSSR count). The van der Waals surface area contributed by atoms with Crippen LogP contribution in [-0.2, 0) is 4.79 Å². The van der Waals surface area contributed by atoms with Crippen molar-refractivity contribution in [3.05, 3.63) is 39.9 Å². The number of aryl methyl sites for hydroxylation is 1. The molecule has 1 aromatic rings. The van der Waals surface area contributed by atoms with Crippen LogP contribution in [0.4, 0.5) is 0 Å². The average Bonchev–Trinajstić information content (AvgIpc) is 2.70. The summed E-state index contributed by atoms with van der Waals surface area (Å²) in [7, 11) is 0. The SMILES string of the molecule is CCC(O)CC.CCl.Cc1ccc(S[C@@H]2CC[C@H]([N+](=O)[O-])[C@@H](C=O)C2)cc1. The first-order chi connectivity index (χ1) is 12.9. The Bertz CT molecular complexity index is 537. The van der Waals surface area contributed by atoms with Crippen molar-refractivity contribution in [1.29, 1.82) is 0 Å². The summed E-state index contributed by atoms with van der Waals surface area (Å²) in [4.78, 5) is 22.7. The number of hydrogen-bond acceptors (Lipinski definition) is 5. The molecule has 1 aliphatic carbocycles. The summed E-state index contributed by atoms with van der Waals surface area (Å²) < 4.78 is 0. The van der Waals surface area contributed by atoms with Crippen molar-refractivity contribution in [3.63, 3.8) is 0 Å². The number of nitrogens with zero attached hydrogens (tertiary/aromatic N) is 1. The van der Waals surface area contributed by atoms with Crippen LogP contribution in [0, 0.1) is 23.0 Å². The lowest BCUT2D eigenvalue weighted by Crippen LogP contribution is -2.37. The van der Waals surface area contributed by atoms with Crippen LogP contribution in [0.2, 0.25) is 0 Å². The van der Waals surface area contributed by atoms with E-state index in [-0.39, 0.29) is 11.0 Å². The Balaban J connectivity index is 0.000000722. The number of benzene rings is 1. The van der Waals surface area contributed by atoms with Gasteiger partial charge in [0, 0.05) is 27.9 Å². The summed E-state index contributed by atoms with van der Waals surface area (Å²) in [6, 6.07) is 7.56. The highest BCUT2D eigenvalue weighted by Gasteiger charge is 2.38. The number of hydrogen-bond donors (Lipinski definition) is 1. The molecule has 3 atom stereocenters. The number of carbonyl (C=O) groups excluding carboxylic acids is 1. The number of rotatable bonds is 6. The molecule has 0 heterocycles. The molecular weight excluding hydrogens is 386 g/mol. The molecule has 0 saturated heterocycles. The predicted molar refractivity (Wildman–Crippen MR) is 113 cm³/mol. The van der Waals surface area contributed by atoms with Crippen LogP contribution in [0.25, 0.3) is 0 Å². The fraction of sp³-hybridized carbons (Fsp3) is 0.650. The van der Waals surface area contributed by atoms with Crippen LogP contribution >= 0.6 is 23.4 Å². The number of halogens is 1. The van der Waals surface area contributed by atoms with Crippen LogP contribution in [0.3, 0.4) is 0 Å². The maximum Gasteiger partial charge on any atom is 0.222 e. The van der Waals surface area contributed by atoms with Gasteiger partial charge >= 0.3 is 0 Å². The maximum atomic E-state index is 11.0. The van der Waals surface area contributed by atoms with E-state index in [1.165, 1.54) is 16.8 Å². The van der Waals surface area contributed by atoms with Crippen molar-refractivity contribution in [3.8, 4) is 0 Å². The molecule has 0 spiro atoms. The lowest BCUT2D eigenvalue weighted by atomic mass is 9.85. The molecule has 0 unspecified atom stereocenters. The van der Waals surface area contributed by atoms with Gasteiger partial charge in [-0.1, -0.05) is 31.5 Å². The van der Waals surface area contributed by atoms with Gasteiger partial charge in [0.15, 0.2) is 0 Å². The smallest absolute Gasteiger partial charge is 0.222 e. The second-order valence-corrected chi connectivity index (χ2v) is 7.86. The van der Waals surface area contributed by atoms with Crippen molar-refractivity contribution in [1.82, 2.24) is 0 Å². The van der Waals surface area contributed by atoms with E-state index < -0.39 is 12.0 Å². The number of aliphatic hydroxyl groups excluding tert-OH is 1. The van der Waals surface area contributed by atoms with Gasteiger partial charge < -0.3 is 9.90 Å². The van der Waals surface area contributed by atoms with E-state index in [9.17, 15) is 14.9 Å². The minimum absolute atomic E-state index is 0.0648. The van der Waals surface area contributed by atoms with E-state index in [2.05, 4.69) is 35.9 Å². The van der Waals surface area contributed by atoms with Crippen molar-refractivity contribution < 1.29 is 14.8 Å². The highest BCUT2D eigenvalue weighted by Crippen LogP contribution is 2.36. The molecule has 1 N–H and O–H groups in total. The standard InChI is InChI=1S/C14H17NO3S.C5H12O.CH3Cl/c1-10-2-4-12(5-3-10)19-13-6-7-14(15(17)18)11(8-13)9-16;1-3-5(6)4-2;1-2/h2-5,9,11,13-14H,6-8H2,1H3;5-6H,3-4H2,1-2H3;1H3/t11-,13-,14+;;/m1../s1. The zero-order chi connectivity index (χ0) is 20.8. The third-order valence-corrected chi connectivity index (χ3v) is 5.83. The summed E-state index contributed by atoms with van der Waals surface area (Å²) >= 11 is 6.36. The van der Waals surface area contributed by atoms with Crippen LogP contribution in [0.1, 0.15) is 51.5 Å². The van der Waals surface area contributed by atoms with E-state index >= 15 is 0 Å². The Morgan fingerprint density at radius 1 is 1.26 bits per heavy atom. The number of carbonyl (C=O) groups is 1. The van der Waals surface area contributed by atoms with Gasteiger partial charge in [0.25, 0.3) is 0 Å². The molecule has 0 amide bonds. The normalized spacial score (nSPS) is 21.4. The van der Waals surface area contributed by atoms with Crippen LogP contribution in [0.15, 0.2) is 29.2 Å². The third kappa shape index (κ3) is 10.1. The Hall–Kier alpha value is -1.11. The first-order valence-corrected chi connectivity index (χ1v) is 10.9. The van der Waals surface area contributed by atoms with E-state index in [1.54, 1.807) is 11.8 Å². The van der Waals surface area contributed by atoms with E-state index in [4.69, 9.17) is 5.11 Å². The minimum atomic E-state index is -0.688. The van der Waals surface area contributed by atoms with Gasteiger partial charge in [-0.15, -0.1) is 23.4 Å². The number of nitro groups is 1. The van der Waals surface area contributed by atoms with Gasteiger partial charge in [-0.25, -0.2) is 0 Å². The van der Waals surface area contributed by atoms with Crippen molar-refractivity contribution >= 4 is 29.6 Å². The molecular formula is C20H32ClNO4S. The number of aliphatic hydroxyl groups is 1. The molecule has 0 radical (unpaired) electrons. The molecule has 0 bridgehead atoms. The topological polar surface area (TPSA) is 80.4 Å². The minimum Gasteiger partial charge on any atom is -0.393 e. The molecule has 0 aliphatic heterocycles. The highest BCUT2D eigenvalue weighted by atomic mass is 35.5. The van der Waals surface area contributed by atoms with Gasteiger partial charge in [-0.3, -0.25) is 10.1 Å². The Kier molecular flexibility index (Phi) is 14.3. The number of thioether (sulfide) groups is 1. The second kappa shape index (κ2) is 14.9. The monoisotopic (exact) mass is 417 g/mol. The summed E-state index contributed by atoms with van der Waals surface area (Å²) in [5.74, 6) is -0.438. The lowest BCUT2D eigenvalue weighted by Gasteiger charge is -2.27. The number of alkyl halides is 1. The summed E-state index contributed by atoms with van der Waals surface area (Å²) in [5.41, 5.74) is 1.21. The summed E-state index contributed by atoms with van der Waals surface area (Å²) in [6.07, 6.45) is 5.84. The Morgan fingerprint density at radius 3 is 2.22 bits per heavy atom. The van der Waals surface area contributed by atoms with Gasteiger partial charge in [0.05, 0.1) is 12.0 Å². The fourth-order valence-electron chi connectivity index (χ4n) is 2.76. The van der Waals surface area contributed by atoms with Crippen molar-refractivity contribution in [2.24, 2.45) is 5.92 Å². The molecule has 5 nitrogen and oxygen atoms in total. The highest BCUT2D eigenvalue weighted by molar-refractivity contribution is 8.00. The molecule has 1 fully saturated rings. The maximum absolute atomic E-state index is 11.0. The number of aldehydes is 1. The van der Waals surface area contributed by atoms with E-state index in [1.807, 2.05) is 20.8 Å². The first kappa shape index (κ1) is 25.9. The fourth-order valence-corrected chi connectivity index (χ4v) is 4.01. The Labute approximate surface area is 172 Å². The summed E-state index contributed by atoms with van der Waals surface area (Å²) in [5, 5.41) is 19.8. The molecule has 1 saturated carbocycles. The predicted octanol–water partition coefficient (Wildman–Crippen LogP) is 5.12. The largest absolute Gasteiger partial charge is 0.393 e. The summed E-state index contributed by atoms with van der Waals surface area (Å²) in [6.45, 7) is 6.00. The molecule has 7 heteroatoms. The van der Waals surface area contributed by atoms with Gasteiger partial charge in [0.2, 0.25) is 6.04 Å². The lowest BCUT2D eigenvalue weighted by molar-refractivity contribution is -0.531.